The number of aromatic nitrogens is 2. The van der Waals surface area contributed by atoms with Gasteiger partial charge < -0.3 is 4.74 Å². The van der Waals surface area contributed by atoms with E-state index in [-0.39, 0.29) is 23.8 Å². The number of Topliss-reactive ketones (excluding diaryl/α,β-unsaturated/α-hetero) is 1. The molecule has 4 fully saturated rings. The van der Waals surface area contributed by atoms with Crippen molar-refractivity contribution in [2.45, 2.75) is 52.4 Å². The second-order valence-corrected chi connectivity index (χ2v) is 10.0. The van der Waals surface area contributed by atoms with Crippen molar-refractivity contribution >= 4 is 23.1 Å². The van der Waals surface area contributed by atoms with Crippen LogP contribution in [-0.4, -0.2) is 27.9 Å². The normalized spacial score (nSPS) is 30.6. The van der Waals surface area contributed by atoms with Crippen molar-refractivity contribution in [3.8, 4) is 5.13 Å². The van der Waals surface area contributed by atoms with Gasteiger partial charge in [-0.2, -0.15) is 0 Å². The minimum absolute atomic E-state index is 0.131. The quantitative estimate of drug-likeness (QED) is 0.550. The van der Waals surface area contributed by atoms with Gasteiger partial charge in [0.05, 0.1) is 5.41 Å². The van der Waals surface area contributed by atoms with Gasteiger partial charge in [0.1, 0.15) is 0 Å². The molecule has 0 aliphatic heterocycles. The highest BCUT2D eigenvalue weighted by Gasteiger charge is 2.55. The van der Waals surface area contributed by atoms with E-state index in [1.807, 2.05) is 29.9 Å². The smallest absolute Gasteiger partial charge is 0.312 e. The summed E-state index contributed by atoms with van der Waals surface area (Å²) in [5, 5.41) is 2.77. The first-order chi connectivity index (χ1) is 13.4. The molecule has 0 radical (unpaired) electrons. The third-order valence-corrected chi connectivity index (χ3v) is 7.90. The predicted octanol–water partition coefficient (Wildman–Crippen LogP) is 4.49. The monoisotopic (exact) mass is 398 g/mol. The summed E-state index contributed by atoms with van der Waals surface area (Å²) in [6, 6.07) is 1.87. The maximum absolute atomic E-state index is 13.0. The Balaban J connectivity index is 1.29. The number of ether oxygens (including phenoxy) is 1. The zero-order valence-corrected chi connectivity index (χ0v) is 17.3. The van der Waals surface area contributed by atoms with Gasteiger partial charge in [-0.05, 0) is 76.2 Å². The lowest BCUT2D eigenvalue weighted by molar-refractivity contribution is -0.170. The van der Waals surface area contributed by atoms with Crippen molar-refractivity contribution in [3.63, 3.8) is 0 Å². The minimum atomic E-state index is -0.313. The van der Waals surface area contributed by atoms with Gasteiger partial charge in [-0.15, -0.1) is 11.3 Å². The van der Waals surface area contributed by atoms with Gasteiger partial charge in [0.15, 0.2) is 11.7 Å². The van der Waals surface area contributed by atoms with Gasteiger partial charge in [0.2, 0.25) is 5.78 Å². The fourth-order valence-corrected chi connectivity index (χ4v) is 7.14. The van der Waals surface area contributed by atoms with Gasteiger partial charge in [0.25, 0.3) is 0 Å². The summed E-state index contributed by atoms with van der Waals surface area (Å²) in [6.07, 6.45) is 8.50. The molecule has 2 aromatic rings. The van der Waals surface area contributed by atoms with Crippen LogP contribution in [0.1, 0.15) is 60.3 Å². The second kappa shape index (κ2) is 6.55. The average Bonchev–Trinajstić information content (AvgIpc) is 3.26. The molecule has 4 bridgehead atoms. The second-order valence-electron chi connectivity index (χ2n) is 9.13. The molecule has 0 unspecified atom stereocenters. The fraction of sp³-hybridized carbons (Fsp3) is 0.591. The van der Waals surface area contributed by atoms with Crippen LogP contribution in [-0.2, 0) is 9.53 Å². The highest BCUT2D eigenvalue weighted by atomic mass is 32.1. The molecular formula is C22H26N2O3S. The van der Waals surface area contributed by atoms with E-state index in [4.69, 9.17) is 4.74 Å². The van der Waals surface area contributed by atoms with Crippen molar-refractivity contribution < 1.29 is 14.3 Å². The molecule has 2 heterocycles. The van der Waals surface area contributed by atoms with Crippen LogP contribution < -0.4 is 0 Å². The Morgan fingerprint density at radius 3 is 2.39 bits per heavy atom. The van der Waals surface area contributed by atoms with Crippen LogP contribution in [0.25, 0.3) is 5.13 Å². The van der Waals surface area contributed by atoms with Crippen molar-refractivity contribution in [1.29, 1.82) is 0 Å². The van der Waals surface area contributed by atoms with Crippen LogP contribution in [0, 0.1) is 37.0 Å². The summed E-state index contributed by atoms with van der Waals surface area (Å²) in [7, 11) is 0. The van der Waals surface area contributed by atoms with E-state index in [2.05, 4.69) is 4.98 Å². The van der Waals surface area contributed by atoms with Crippen molar-refractivity contribution in [1.82, 2.24) is 9.55 Å². The summed E-state index contributed by atoms with van der Waals surface area (Å²) in [4.78, 5) is 30.2. The average molecular weight is 399 g/mol. The van der Waals surface area contributed by atoms with E-state index in [1.165, 1.54) is 30.6 Å². The predicted molar refractivity (Wildman–Crippen MR) is 107 cm³/mol. The minimum Gasteiger partial charge on any atom is -0.457 e. The summed E-state index contributed by atoms with van der Waals surface area (Å²) >= 11 is 1.53. The highest BCUT2D eigenvalue weighted by molar-refractivity contribution is 7.12. The van der Waals surface area contributed by atoms with Crippen LogP contribution in [0.3, 0.4) is 0 Å². The van der Waals surface area contributed by atoms with Crippen molar-refractivity contribution in [3.05, 3.63) is 34.6 Å². The highest BCUT2D eigenvalue weighted by Crippen LogP contribution is 2.60. The number of aryl methyl sites for hydroxylation is 1. The van der Waals surface area contributed by atoms with E-state index >= 15 is 0 Å². The maximum Gasteiger partial charge on any atom is 0.312 e. The van der Waals surface area contributed by atoms with Crippen LogP contribution in [0.2, 0.25) is 0 Å². The number of hydrogen-bond donors (Lipinski definition) is 0. The number of carbonyl (C=O) groups excluding carboxylic acids is 2. The van der Waals surface area contributed by atoms with Crippen LogP contribution in [0.5, 0.6) is 0 Å². The Bertz CT molecular complexity index is 893. The molecule has 28 heavy (non-hydrogen) atoms. The van der Waals surface area contributed by atoms with Gasteiger partial charge in [-0.1, -0.05) is 0 Å². The number of rotatable bonds is 5. The molecule has 0 N–H and O–H groups in total. The molecule has 148 valence electrons. The molecule has 0 saturated heterocycles. The first kappa shape index (κ1) is 18.1. The molecule has 5 nitrogen and oxygen atoms in total. The van der Waals surface area contributed by atoms with E-state index in [0.29, 0.717) is 23.3 Å². The fourth-order valence-electron chi connectivity index (χ4n) is 6.39. The first-order valence-electron chi connectivity index (χ1n) is 10.2. The van der Waals surface area contributed by atoms with Crippen molar-refractivity contribution in [2.75, 3.05) is 6.61 Å². The lowest BCUT2D eigenvalue weighted by Gasteiger charge is -2.55. The molecule has 0 aromatic carbocycles. The zero-order valence-electron chi connectivity index (χ0n) is 16.4. The molecule has 0 amide bonds. The van der Waals surface area contributed by atoms with Gasteiger partial charge in [0, 0.05) is 28.5 Å². The number of carbonyl (C=O) groups is 2. The molecule has 6 rings (SSSR count). The Kier molecular flexibility index (Phi) is 4.23. The van der Waals surface area contributed by atoms with E-state index in [9.17, 15) is 9.59 Å². The first-order valence-corrected chi connectivity index (χ1v) is 11.1. The standard InChI is InChI=1S/C22H26N2O3S/c1-13-5-18(14(2)24(13)21-23-3-4-28-21)19(25)12-27-20(26)22-9-15-6-16(10-22)8-17(7-15)11-22/h3-5,15-17H,6-12H2,1-2H3. The summed E-state index contributed by atoms with van der Waals surface area (Å²) < 4.78 is 7.61. The number of hydrogen-bond acceptors (Lipinski definition) is 5. The molecular weight excluding hydrogens is 372 g/mol. The zero-order chi connectivity index (χ0) is 19.5. The Labute approximate surface area is 169 Å². The van der Waals surface area contributed by atoms with E-state index in [0.717, 1.165) is 35.8 Å². The van der Waals surface area contributed by atoms with E-state index in [1.54, 1.807) is 6.20 Å². The SMILES string of the molecule is Cc1cc(C(=O)COC(=O)C23CC4CC(CC(C4)C2)C3)c(C)n1-c1nccs1. The lowest BCUT2D eigenvalue weighted by atomic mass is 9.49. The Morgan fingerprint density at radius 2 is 1.82 bits per heavy atom. The molecule has 4 aliphatic carbocycles. The largest absolute Gasteiger partial charge is 0.457 e. The van der Waals surface area contributed by atoms with Crippen LogP contribution in [0.15, 0.2) is 17.6 Å². The Morgan fingerprint density at radius 1 is 1.18 bits per heavy atom. The van der Waals surface area contributed by atoms with Gasteiger partial charge >= 0.3 is 5.97 Å². The summed E-state index contributed by atoms with van der Waals surface area (Å²) in [5.74, 6) is 1.80. The molecule has 4 aliphatic rings. The summed E-state index contributed by atoms with van der Waals surface area (Å²) in [5.41, 5.74) is 2.12. The summed E-state index contributed by atoms with van der Waals surface area (Å²) in [6.45, 7) is 3.72. The molecule has 6 heteroatoms. The van der Waals surface area contributed by atoms with Gasteiger partial charge in [-0.3, -0.25) is 14.2 Å². The third kappa shape index (κ3) is 2.84. The number of nitrogens with zero attached hydrogens (tertiary/aromatic N) is 2. The maximum atomic E-state index is 13.0. The molecule has 0 atom stereocenters. The number of ketones is 1. The van der Waals surface area contributed by atoms with Crippen molar-refractivity contribution in [2.24, 2.45) is 23.2 Å². The Hall–Kier alpha value is -1.95. The lowest BCUT2D eigenvalue weighted by Crippen LogP contribution is -2.50. The van der Waals surface area contributed by atoms with Crippen LogP contribution >= 0.6 is 11.3 Å². The third-order valence-electron chi connectivity index (χ3n) is 7.15. The molecule has 2 aromatic heterocycles. The molecule has 4 saturated carbocycles. The number of thiazole rings is 1. The van der Waals surface area contributed by atoms with Gasteiger partial charge in [-0.25, -0.2) is 4.98 Å². The van der Waals surface area contributed by atoms with E-state index < -0.39 is 0 Å². The topological polar surface area (TPSA) is 61.2 Å². The number of esters is 1. The van der Waals surface area contributed by atoms with Crippen LogP contribution in [0.4, 0.5) is 0 Å². The molecule has 0 spiro atoms.